The van der Waals surface area contributed by atoms with Gasteiger partial charge in [-0.2, -0.15) is 0 Å². The number of aryl methyl sites for hydroxylation is 1. The third-order valence-corrected chi connectivity index (χ3v) is 7.32. The molecule has 0 spiro atoms. The quantitative estimate of drug-likeness (QED) is 0.315. The predicted octanol–water partition coefficient (Wildman–Crippen LogP) is 8.49. The minimum absolute atomic E-state index is 0. The van der Waals surface area contributed by atoms with Crippen molar-refractivity contribution in [3.8, 4) is 0 Å². The summed E-state index contributed by atoms with van der Waals surface area (Å²) in [6, 6.07) is 9.50. The summed E-state index contributed by atoms with van der Waals surface area (Å²) in [4.78, 5) is 5.06. The molecular formula is C21H30Cl2FNSiTi-2. The first kappa shape index (κ1) is 25.0. The molecule has 0 heterocycles. The van der Waals surface area contributed by atoms with Gasteiger partial charge >= 0.3 is 35.6 Å². The molecule has 0 aliphatic heterocycles. The molecule has 2 unspecified atom stereocenters. The number of hydrogen-bond donors (Lipinski definition) is 0. The van der Waals surface area contributed by atoms with Gasteiger partial charge in [0.15, 0.2) is 0 Å². The van der Waals surface area contributed by atoms with E-state index in [-0.39, 0.29) is 19.2 Å². The molecule has 1 aromatic carbocycles. The van der Waals surface area contributed by atoms with Crippen LogP contribution in [0, 0.1) is 32.1 Å². The van der Waals surface area contributed by atoms with Crippen molar-refractivity contribution in [3.05, 3.63) is 65.8 Å². The maximum absolute atomic E-state index is 14.1. The van der Waals surface area contributed by atoms with Crippen LogP contribution in [0.5, 0.6) is 0 Å². The van der Waals surface area contributed by atoms with Crippen molar-refractivity contribution in [2.45, 2.75) is 45.8 Å². The van der Waals surface area contributed by atoms with E-state index in [9.17, 15) is 4.39 Å². The third kappa shape index (κ3) is 7.36. The number of rotatable bonds is 4. The molecule has 6 heteroatoms. The van der Waals surface area contributed by atoms with Crippen LogP contribution in [0.3, 0.4) is 0 Å². The summed E-state index contributed by atoms with van der Waals surface area (Å²) < 4.78 is 14.1. The van der Waals surface area contributed by atoms with Gasteiger partial charge in [-0.05, 0) is 45.9 Å². The average Bonchev–Trinajstić information content (AvgIpc) is 2.96. The van der Waals surface area contributed by atoms with Crippen molar-refractivity contribution in [2.75, 3.05) is 0 Å². The van der Waals surface area contributed by atoms with Gasteiger partial charge in [0, 0.05) is 5.92 Å². The fraction of sp³-hybridized carbons (Fsp3) is 0.476. The normalized spacial score (nSPS) is 23.7. The van der Waals surface area contributed by atoms with Gasteiger partial charge in [-0.1, -0.05) is 67.5 Å². The summed E-state index contributed by atoms with van der Waals surface area (Å²) in [5.74, 6) is 1.27. The first-order valence-corrected chi connectivity index (χ1v) is 16.5. The third-order valence-electron chi connectivity index (χ3n) is 5.19. The molecule has 1 nitrogen and oxygen atoms in total. The van der Waals surface area contributed by atoms with E-state index in [0.717, 1.165) is 24.6 Å². The summed E-state index contributed by atoms with van der Waals surface area (Å²) in [5, 5.41) is 0. The van der Waals surface area contributed by atoms with Crippen molar-refractivity contribution >= 4 is 32.5 Å². The second-order valence-corrected chi connectivity index (χ2v) is 14.9. The van der Waals surface area contributed by atoms with E-state index < -0.39 is 25.3 Å². The Morgan fingerprint density at radius 3 is 2.26 bits per heavy atom. The van der Waals surface area contributed by atoms with Crippen LogP contribution in [0.2, 0.25) is 19.1 Å². The Morgan fingerprint density at radius 2 is 1.67 bits per heavy atom. The summed E-state index contributed by atoms with van der Waals surface area (Å²) >= 11 is -0.556. The van der Waals surface area contributed by atoms with Crippen LogP contribution in [0.15, 0.2) is 47.8 Å². The summed E-state index contributed by atoms with van der Waals surface area (Å²) in [6.45, 7) is 8.98. The fourth-order valence-electron chi connectivity index (χ4n) is 4.14. The van der Waals surface area contributed by atoms with E-state index in [0.29, 0.717) is 11.8 Å². The predicted molar refractivity (Wildman–Crippen MR) is 117 cm³/mol. The molecule has 1 fully saturated rings. The molecule has 27 heavy (non-hydrogen) atoms. The number of hydrogen-bond acceptors (Lipinski definition) is 0. The van der Waals surface area contributed by atoms with Crippen LogP contribution < -0.4 is 0 Å². The molecule has 1 aromatic rings. The van der Waals surface area contributed by atoms with E-state index in [4.69, 9.17) is 23.6 Å². The van der Waals surface area contributed by atoms with Gasteiger partial charge in [-0.15, -0.1) is 5.69 Å². The van der Waals surface area contributed by atoms with Crippen LogP contribution >= 0.6 is 18.6 Å². The Hall–Kier alpha value is -0.0588. The van der Waals surface area contributed by atoms with Crippen LogP contribution in [0.4, 0.5) is 10.1 Å². The molecular weight excluding hydrogens is 432 g/mol. The van der Waals surface area contributed by atoms with Crippen LogP contribution in [-0.4, -0.2) is 8.24 Å². The number of fused-ring (bicyclic) bond motifs is 1. The number of allylic oxidation sites excluding steroid dienone is 4. The minimum atomic E-state index is -1.75. The Balaban J connectivity index is 0.000000855. The van der Waals surface area contributed by atoms with Crippen molar-refractivity contribution in [1.82, 2.24) is 0 Å². The van der Waals surface area contributed by atoms with Crippen LogP contribution in [-0.2, 0) is 17.0 Å². The average molecular weight is 462 g/mol. The first-order valence-electron chi connectivity index (χ1n) is 9.07. The molecule has 0 aromatic heterocycles. The first-order chi connectivity index (χ1) is 12.3. The monoisotopic (exact) mass is 461 g/mol. The zero-order valence-electron chi connectivity index (χ0n) is 16.9. The Kier molecular flexibility index (Phi) is 10.4. The number of nitrogens with zero attached hydrogens (tertiary/aromatic N) is 1. The van der Waals surface area contributed by atoms with Crippen LogP contribution in [0.25, 0.3) is 4.98 Å². The van der Waals surface area contributed by atoms with E-state index >= 15 is 0 Å². The summed E-state index contributed by atoms with van der Waals surface area (Å²) in [6.07, 6.45) is 5.90. The number of halogens is 3. The summed E-state index contributed by atoms with van der Waals surface area (Å²) in [7, 11) is 8.03. The molecule has 0 amide bonds. The maximum atomic E-state index is 14.1. The molecule has 2 aliphatic rings. The van der Waals surface area contributed by atoms with Gasteiger partial charge in [0.05, 0.1) is 0 Å². The van der Waals surface area contributed by atoms with E-state index in [1.165, 1.54) is 11.1 Å². The summed E-state index contributed by atoms with van der Waals surface area (Å²) in [5.41, 5.74) is 3.79. The van der Waals surface area contributed by atoms with E-state index in [2.05, 4.69) is 51.2 Å². The SMILES string of the molecule is Cc1ccc([N-][Si](C)(C)CC2=CC=C(F)C3C[C@H](C)CC23)cc1.[CH3-].[Cl][Ti][Cl]. The van der Waals surface area contributed by atoms with E-state index in [1.54, 1.807) is 6.08 Å². The number of benzene rings is 1. The van der Waals surface area contributed by atoms with Crippen molar-refractivity contribution in [3.63, 3.8) is 0 Å². The van der Waals surface area contributed by atoms with Crippen molar-refractivity contribution in [2.24, 2.45) is 17.8 Å². The van der Waals surface area contributed by atoms with Gasteiger partial charge in [0.2, 0.25) is 0 Å². The second kappa shape index (κ2) is 11.2. The molecule has 1 saturated carbocycles. The molecule has 150 valence electrons. The molecule has 0 N–H and O–H groups in total. The second-order valence-electron chi connectivity index (χ2n) is 8.09. The molecule has 3 rings (SSSR count). The fourth-order valence-corrected chi connectivity index (χ4v) is 6.44. The molecule has 0 bridgehead atoms. The molecule has 0 radical (unpaired) electrons. The van der Waals surface area contributed by atoms with Crippen molar-refractivity contribution in [1.29, 1.82) is 0 Å². The zero-order valence-corrected chi connectivity index (χ0v) is 21.0. The molecule has 0 saturated heterocycles. The standard InChI is InChI=1S/C20H27FNSi.CH3.2ClH.Ti/c1-14-5-8-17(9-6-14)22-23(3,4)13-16-7-10-20(21)19-12-15(2)11-18(16)19;;;;/h5-10,15,18-19H,11-13H2,1-4H3;1H3;2*1H;/q2*-1;;;+2/p-2/t15-,18?,19?;;;;/m1..../s1. The Labute approximate surface area is 182 Å². The topological polar surface area (TPSA) is 14.1 Å². The van der Waals surface area contributed by atoms with E-state index in [1.807, 2.05) is 6.08 Å². The molecule has 2 aliphatic carbocycles. The van der Waals surface area contributed by atoms with Gasteiger partial charge in [-0.25, -0.2) is 4.39 Å². The Bertz CT molecular complexity index is 661. The zero-order chi connectivity index (χ0) is 19.3. The van der Waals surface area contributed by atoms with Crippen LogP contribution in [0.1, 0.15) is 25.3 Å². The molecule has 3 atom stereocenters. The Morgan fingerprint density at radius 1 is 1.11 bits per heavy atom. The van der Waals surface area contributed by atoms with Gasteiger partial charge < -0.3 is 12.4 Å². The van der Waals surface area contributed by atoms with Gasteiger partial charge in [-0.3, -0.25) is 0 Å². The van der Waals surface area contributed by atoms with Gasteiger partial charge in [0.1, 0.15) is 5.83 Å². The van der Waals surface area contributed by atoms with Gasteiger partial charge in [0.25, 0.3) is 0 Å². The van der Waals surface area contributed by atoms with Crippen molar-refractivity contribution < 1.29 is 21.4 Å².